The van der Waals surface area contributed by atoms with Gasteiger partial charge in [-0.25, -0.2) is 0 Å². The van der Waals surface area contributed by atoms with Crippen molar-refractivity contribution >= 4 is 0 Å². The van der Waals surface area contributed by atoms with Gasteiger partial charge in [-0.3, -0.25) is 4.90 Å². The topological polar surface area (TPSA) is 27.3 Å². The minimum atomic E-state index is 0.698. The third-order valence-corrected chi connectivity index (χ3v) is 3.61. The maximum atomic E-state index is 3.63. The first kappa shape index (κ1) is 12.7. The molecule has 0 aromatic rings. The van der Waals surface area contributed by atoms with E-state index in [1.54, 1.807) is 0 Å². The first-order chi connectivity index (χ1) is 8.38. The van der Waals surface area contributed by atoms with Crippen LogP contribution >= 0.6 is 0 Å². The Morgan fingerprint density at radius 3 is 3.00 bits per heavy atom. The molecule has 2 rings (SSSR count). The second kappa shape index (κ2) is 6.82. The molecular weight excluding hydrogens is 210 g/mol. The summed E-state index contributed by atoms with van der Waals surface area (Å²) >= 11 is 0. The van der Waals surface area contributed by atoms with Gasteiger partial charge in [0, 0.05) is 31.4 Å². The smallest absolute Gasteiger partial charge is 0.0382 e. The molecule has 0 saturated carbocycles. The van der Waals surface area contributed by atoms with Crippen LogP contribution in [0.3, 0.4) is 0 Å². The maximum absolute atomic E-state index is 3.63. The minimum Gasteiger partial charge on any atom is -0.384 e. The Morgan fingerprint density at radius 1 is 1.41 bits per heavy atom. The average Bonchev–Trinajstić information content (AvgIpc) is 2.40. The van der Waals surface area contributed by atoms with Crippen LogP contribution in [0.25, 0.3) is 0 Å². The quantitative estimate of drug-likeness (QED) is 0.756. The van der Waals surface area contributed by atoms with Crippen LogP contribution in [-0.4, -0.2) is 43.7 Å². The van der Waals surface area contributed by atoms with Gasteiger partial charge in [0.25, 0.3) is 0 Å². The molecular formula is C14H25N3. The molecule has 0 aliphatic carbocycles. The van der Waals surface area contributed by atoms with Crippen LogP contribution in [-0.2, 0) is 0 Å². The van der Waals surface area contributed by atoms with Gasteiger partial charge < -0.3 is 10.6 Å². The van der Waals surface area contributed by atoms with Crippen molar-refractivity contribution in [1.29, 1.82) is 0 Å². The van der Waals surface area contributed by atoms with Gasteiger partial charge in [-0.05, 0) is 32.0 Å². The lowest BCUT2D eigenvalue weighted by Crippen LogP contribution is -2.45. The zero-order valence-corrected chi connectivity index (χ0v) is 10.9. The van der Waals surface area contributed by atoms with E-state index in [1.807, 2.05) is 0 Å². The second-order valence-corrected chi connectivity index (χ2v) is 4.98. The van der Waals surface area contributed by atoms with E-state index in [4.69, 9.17) is 0 Å². The van der Waals surface area contributed by atoms with Crippen molar-refractivity contribution < 1.29 is 0 Å². The van der Waals surface area contributed by atoms with E-state index in [0.29, 0.717) is 6.04 Å². The van der Waals surface area contributed by atoms with Gasteiger partial charge in [-0.2, -0.15) is 0 Å². The number of likely N-dealkylation sites (N-methyl/N-ethyl adjacent to an activating group) is 1. The molecule has 1 saturated heterocycles. The Bertz CT molecular complexity index is 277. The molecule has 0 radical (unpaired) electrons. The molecule has 1 atom stereocenters. The highest BCUT2D eigenvalue weighted by molar-refractivity contribution is 5.17. The Kier molecular flexibility index (Phi) is 5.08. The predicted octanol–water partition coefficient (Wildman–Crippen LogP) is 1.49. The van der Waals surface area contributed by atoms with E-state index in [0.717, 1.165) is 19.6 Å². The fourth-order valence-corrected chi connectivity index (χ4v) is 2.55. The Balaban J connectivity index is 1.79. The summed E-state index contributed by atoms with van der Waals surface area (Å²) in [5.41, 5.74) is 1.35. The van der Waals surface area contributed by atoms with Crippen molar-refractivity contribution in [3.63, 3.8) is 0 Å². The summed E-state index contributed by atoms with van der Waals surface area (Å²) in [7, 11) is 0. The summed E-state index contributed by atoms with van der Waals surface area (Å²) < 4.78 is 0. The normalized spacial score (nSPS) is 24.6. The van der Waals surface area contributed by atoms with Crippen molar-refractivity contribution in [3.05, 3.63) is 23.9 Å². The van der Waals surface area contributed by atoms with E-state index < -0.39 is 0 Å². The summed E-state index contributed by atoms with van der Waals surface area (Å²) in [4.78, 5) is 2.53. The molecule has 2 aliphatic heterocycles. The number of rotatable bonds is 5. The van der Waals surface area contributed by atoms with Gasteiger partial charge in [0.2, 0.25) is 0 Å². The lowest BCUT2D eigenvalue weighted by molar-refractivity contribution is 0.245. The molecule has 0 aromatic carbocycles. The summed E-state index contributed by atoms with van der Waals surface area (Å²) in [5, 5.41) is 7.06. The predicted molar refractivity (Wildman–Crippen MR) is 73.0 cm³/mol. The highest BCUT2D eigenvalue weighted by Crippen LogP contribution is 2.09. The van der Waals surface area contributed by atoms with Crippen molar-refractivity contribution in [3.8, 4) is 0 Å². The molecule has 1 unspecified atom stereocenters. The minimum absolute atomic E-state index is 0.698. The zero-order valence-electron chi connectivity index (χ0n) is 10.9. The van der Waals surface area contributed by atoms with Crippen LogP contribution in [0.2, 0.25) is 0 Å². The number of nitrogens with zero attached hydrogens (tertiary/aromatic N) is 1. The third kappa shape index (κ3) is 4.17. The molecule has 96 valence electrons. The van der Waals surface area contributed by atoms with E-state index in [2.05, 4.69) is 40.7 Å². The molecule has 0 aromatic heterocycles. The van der Waals surface area contributed by atoms with Crippen LogP contribution in [0, 0.1) is 0 Å². The number of hydrogen-bond donors (Lipinski definition) is 2. The number of allylic oxidation sites excluding steroid dienone is 2. The molecule has 0 amide bonds. The summed E-state index contributed by atoms with van der Waals surface area (Å²) in [6.45, 7) is 7.79. The lowest BCUT2D eigenvalue weighted by atomic mass is 10.0. The van der Waals surface area contributed by atoms with Gasteiger partial charge in [-0.15, -0.1) is 0 Å². The number of piperidine rings is 1. The second-order valence-electron chi connectivity index (χ2n) is 4.98. The first-order valence-corrected chi connectivity index (χ1v) is 6.94. The fraction of sp³-hybridized carbons (Fsp3) is 0.714. The van der Waals surface area contributed by atoms with E-state index >= 15 is 0 Å². The summed E-state index contributed by atoms with van der Waals surface area (Å²) in [6.07, 6.45) is 10.6. The molecule has 0 spiro atoms. The van der Waals surface area contributed by atoms with Crippen molar-refractivity contribution in [2.24, 2.45) is 0 Å². The van der Waals surface area contributed by atoms with Crippen LogP contribution in [0.15, 0.2) is 23.9 Å². The molecule has 2 aliphatic rings. The third-order valence-electron chi connectivity index (χ3n) is 3.61. The Labute approximate surface area is 105 Å². The van der Waals surface area contributed by atoms with E-state index in [1.165, 1.54) is 38.0 Å². The van der Waals surface area contributed by atoms with Crippen molar-refractivity contribution in [2.45, 2.75) is 32.2 Å². The Hall–Kier alpha value is -0.800. The molecule has 2 heterocycles. The lowest BCUT2D eigenvalue weighted by Gasteiger charge is -2.30. The van der Waals surface area contributed by atoms with Crippen LogP contribution < -0.4 is 10.6 Å². The first-order valence-electron chi connectivity index (χ1n) is 6.94. The molecule has 0 bridgehead atoms. The van der Waals surface area contributed by atoms with Crippen molar-refractivity contribution in [2.75, 3.05) is 32.7 Å². The van der Waals surface area contributed by atoms with Crippen LogP contribution in [0.5, 0.6) is 0 Å². The number of dihydropyridines is 1. The molecule has 3 heteroatoms. The number of nitrogens with one attached hydrogen (secondary N) is 2. The average molecular weight is 235 g/mol. The van der Waals surface area contributed by atoms with Crippen LogP contribution in [0.4, 0.5) is 0 Å². The van der Waals surface area contributed by atoms with E-state index in [-0.39, 0.29) is 0 Å². The van der Waals surface area contributed by atoms with Gasteiger partial charge in [0.1, 0.15) is 0 Å². The maximum Gasteiger partial charge on any atom is 0.0382 e. The van der Waals surface area contributed by atoms with E-state index in [9.17, 15) is 0 Å². The highest BCUT2D eigenvalue weighted by atomic mass is 15.2. The monoisotopic (exact) mass is 235 g/mol. The molecule has 3 nitrogen and oxygen atoms in total. The molecule has 1 fully saturated rings. The fourth-order valence-electron chi connectivity index (χ4n) is 2.55. The van der Waals surface area contributed by atoms with Gasteiger partial charge in [0.05, 0.1) is 0 Å². The summed E-state index contributed by atoms with van der Waals surface area (Å²) in [5.74, 6) is 0. The largest absolute Gasteiger partial charge is 0.384 e. The zero-order chi connectivity index (χ0) is 11.9. The highest BCUT2D eigenvalue weighted by Gasteiger charge is 2.16. The standard InChI is InChI=1S/C14H25N3/c1-2-17(11-13-7-3-5-9-15-13)12-14-8-4-6-10-16-14/h3,5,7,14-16H,2,4,6,8-12H2,1H3. The molecule has 2 N–H and O–H groups in total. The summed E-state index contributed by atoms with van der Waals surface area (Å²) in [6, 6.07) is 0.698. The molecule has 17 heavy (non-hydrogen) atoms. The Morgan fingerprint density at radius 2 is 2.35 bits per heavy atom. The van der Waals surface area contributed by atoms with Crippen molar-refractivity contribution in [1.82, 2.24) is 15.5 Å². The number of hydrogen-bond acceptors (Lipinski definition) is 3. The van der Waals surface area contributed by atoms with Crippen LogP contribution in [0.1, 0.15) is 26.2 Å². The SMILES string of the molecule is CCN(CC1=CC=CCN1)CC1CCCCN1. The van der Waals surface area contributed by atoms with Gasteiger partial charge in [0.15, 0.2) is 0 Å². The van der Waals surface area contributed by atoms with Gasteiger partial charge in [-0.1, -0.05) is 25.5 Å². The van der Waals surface area contributed by atoms with Gasteiger partial charge >= 0.3 is 0 Å².